The van der Waals surface area contributed by atoms with Crippen LogP contribution in [0.5, 0.6) is 5.75 Å². The van der Waals surface area contributed by atoms with Gasteiger partial charge in [0.25, 0.3) is 0 Å². The minimum atomic E-state index is -0.516. The minimum Gasteiger partial charge on any atom is -0.497 e. The maximum Gasteiger partial charge on any atom is 0.390 e. The van der Waals surface area contributed by atoms with Crippen LogP contribution in [0.4, 0.5) is 5.82 Å². The Morgan fingerprint density at radius 3 is 2.62 bits per heavy atom. The first-order chi connectivity index (χ1) is 13.9. The van der Waals surface area contributed by atoms with Gasteiger partial charge in [0.15, 0.2) is 0 Å². The molecule has 2 aromatic rings. The summed E-state index contributed by atoms with van der Waals surface area (Å²) >= 11 is 0. The zero-order valence-corrected chi connectivity index (χ0v) is 17.1. The lowest BCUT2D eigenvalue weighted by Gasteiger charge is -2.36. The minimum absolute atomic E-state index is 0.0589. The lowest BCUT2D eigenvalue weighted by molar-refractivity contribution is -0.389. The number of hydrogen-bond acceptors (Lipinski definition) is 6. The van der Waals surface area contributed by atoms with Crippen molar-refractivity contribution < 1.29 is 14.5 Å². The lowest BCUT2D eigenvalue weighted by atomic mass is 10.1. The van der Waals surface area contributed by atoms with E-state index in [0.29, 0.717) is 25.3 Å². The molecule has 1 fully saturated rings. The van der Waals surface area contributed by atoms with Crippen LogP contribution in [0.2, 0.25) is 0 Å². The molecule has 1 amide bonds. The van der Waals surface area contributed by atoms with Crippen molar-refractivity contribution in [2.75, 3.05) is 33.3 Å². The largest absolute Gasteiger partial charge is 0.497 e. The molecule has 29 heavy (non-hydrogen) atoms. The van der Waals surface area contributed by atoms with Crippen molar-refractivity contribution >= 4 is 11.7 Å². The number of rotatable bonds is 7. The van der Waals surface area contributed by atoms with E-state index in [1.54, 1.807) is 18.7 Å². The number of nitrogens with zero attached hydrogens (tertiary/aromatic N) is 5. The Bertz CT molecular complexity index is 874. The van der Waals surface area contributed by atoms with Crippen molar-refractivity contribution in [2.24, 2.45) is 5.92 Å². The average molecular weight is 401 g/mol. The van der Waals surface area contributed by atoms with Gasteiger partial charge in [-0.05, 0) is 29.5 Å². The van der Waals surface area contributed by atoms with Crippen LogP contribution in [-0.4, -0.2) is 63.7 Å². The van der Waals surface area contributed by atoms with Crippen LogP contribution >= 0.6 is 0 Å². The Labute approximate surface area is 170 Å². The number of nitro groups is 1. The van der Waals surface area contributed by atoms with Crippen molar-refractivity contribution in [1.82, 2.24) is 19.6 Å². The zero-order chi connectivity index (χ0) is 21.0. The SMILES string of the molecule is COc1cccc(CN2CCN(C(=O)C(C)Cn3nc([N+](=O)[O-])cc3C)CC2)c1. The molecule has 0 aliphatic carbocycles. The number of methoxy groups -OCH3 is 1. The molecule has 1 aromatic carbocycles. The fourth-order valence-electron chi connectivity index (χ4n) is 3.57. The molecule has 0 saturated carbocycles. The molecule has 2 heterocycles. The van der Waals surface area contributed by atoms with Gasteiger partial charge in [0.2, 0.25) is 5.91 Å². The predicted molar refractivity (Wildman–Crippen MR) is 108 cm³/mol. The summed E-state index contributed by atoms with van der Waals surface area (Å²) in [5, 5.41) is 14.9. The first-order valence-corrected chi connectivity index (χ1v) is 9.70. The summed E-state index contributed by atoms with van der Waals surface area (Å²) in [5.74, 6) is 0.425. The van der Waals surface area contributed by atoms with Gasteiger partial charge >= 0.3 is 5.82 Å². The van der Waals surface area contributed by atoms with Gasteiger partial charge in [0.05, 0.1) is 36.4 Å². The summed E-state index contributed by atoms with van der Waals surface area (Å²) in [6.45, 7) is 7.72. The highest BCUT2D eigenvalue weighted by atomic mass is 16.6. The number of hydrogen-bond donors (Lipinski definition) is 0. The highest BCUT2D eigenvalue weighted by molar-refractivity contribution is 5.78. The fourth-order valence-corrected chi connectivity index (χ4v) is 3.57. The van der Waals surface area contributed by atoms with Crippen LogP contribution in [0.1, 0.15) is 18.2 Å². The van der Waals surface area contributed by atoms with Gasteiger partial charge in [-0.15, -0.1) is 0 Å². The van der Waals surface area contributed by atoms with Crippen molar-refractivity contribution in [1.29, 1.82) is 0 Å². The van der Waals surface area contributed by atoms with E-state index in [0.717, 1.165) is 25.4 Å². The van der Waals surface area contributed by atoms with E-state index in [2.05, 4.69) is 16.1 Å². The van der Waals surface area contributed by atoms with Crippen molar-refractivity contribution in [3.05, 3.63) is 51.7 Å². The standard InChI is InChI=1S/C20H27N5O4/c1-15(13-24-16(2)11-19(21-24)25(27)28)20(26)23-9-7-22(8-10-23)14-17-5-4-6-18(12-17)29-3/h4-6,11-12,15H,7-10,13-14H2,1-3H3. The number of aryl methyl sites for hydroxylation is 1. The molecule has 9 heteroatoms. The Morgan fingerprint density at radius 2 is 2.00 bits per heavy atom. The van der Waals surface area contributed by atoms with E-state index < -0.39 is 4.92 Å². The first kappa shape index (κ1) is 20.8. The number of benzene rings is 1. The topological polar surface area (TPSA) is 93.7 Å². The zero-order valence-electron chi connectivity index (χ0n) is 17.1. The van der Waals surface area contributed by atoms with Crippen LogP contribution in [0.25, 0.3) is 0 Å². The van der Waals surface area contributed by atoms with Crippen LogP contribution < -0.4 is 4.74 Å². The van der Waals surface area contributed by atoms with E-state index in [4.69, 9.17) is 4.74 Å². The van der Waals surface area contributed by atoms with Crippen LogP contribution in [0.3, 0.4) is 0 Å². The molecule has 0 N–H and O–H groups in total. The summed E-state index contributed by atoms with van der Waals surface area (Å²) in [6.07, 6.45) is 0. The molecule has 1 atom stereocenters. The molecule has 0 radical (unpaired) electrons. The summed E-state index contributed by atoms with van der Waals surface area (Å²) in [5.41, 5.74) is 1.87. The van der Waals surface area contributed by atoms with Crippen LogP contribution in [-0.2, 0) is 17.9 Å². The van der Waals surface area contributed by atoms with Crippen molar-refractivity contribution in [2.45, 2.75) is 26.9 Å². The van der Waals surface area contributed by atoms with Crippen LogP contribution in [0.15, 0.2) is 30.3 Å². The lowest BCUT2D eigenvalue weighted by Crippen LogP contribution is -2.50. The van der Waals surface area contributed by atoms with Crippen LogP contribution in [0, 0.1) is 23.0 Å². The number of carbonyl (C=O) groups excluding carboxylic acids is 1. The normalized spacial score (nSPS) is 15.9. The summed E-state index contributed by atoms with van der Waals surface area (Å²) in [6, 6.07) is 9.45. The molecular weight excluding hydrogens is 374 g/mol. The number of piperazine rings is 1. The molecular formula is C20H27N5O4. The summed E-state index contributed by atoms with van der Waals surface area (Å²) in [4.78, 5) is 27.4. The Morgan fingerprint density at radius 1 is 1.28 bits per heavy atom. The number of amides is 1. The Balaban J connectivity index is 1.52. The first-order valence-electron chi connectivity index (χ1n) is 9.70. The molecule has 3 rings (SSSR count). The smallest absolute Gasteiger partial charge is 0.390 e. The van der Waals surface area contributed by atoms with E-state index in [9.17, 15) is 14.9 Å². The van der Waals surface area contributed by atoms with Gasteiger partial charge in [-0.2, -0.15) is 4.68 Å². The maximum absolute atomic E-state index is 12.8. The van der Waals surface area contributed by atoms with E-state index >= 15 is 0 Å². The molecule has 0 spiro atoms. The average Bonchev–Trinajstić information content (AvgIpc) is 3.09. The molecule has 0 bridgehead atoms. The van der Waals surface area contributed by atoms with Gasteiger partial charge in [-0.1, -0.05) is 19.1 Å². The van der Waals surface area contributed by atoms with Gasteiger partial charge < -0.3 is 19.8 Å². The third-order valence-corrected chi connectivity index (χ3v) is 5.25. The van der Waals surface area contributed by atoms with E-state index in [-0.39, 0.29) is 17.6 Å². The molecule has 9 nitrogen and oxygen atoms in total. The highest BCUT2D eigenvalue weighted by Crippen LogP contribution is 2.17. The molecule has 1 aromatic heterocycles. The predicted octanol–water partition coefficient (Wildman–Crippen LogP) is 2.09. The molecule has 1 aliphatic rings. The molecule has 1 saturated heterocycles. The summed E-state index contributed by atoms with van der Waals surface area (Å²) in [7, 11) is 1.66. The van der Waals surface area contributed by atoms with Crippen molar-refractivity contribution in [3.8, 4) is 5.75 Å². The maximum atomic E-state index is 12.8. The highest BCUT2D eigenvalue weighted by Gasteiger charge is 2.27. The number of carbonyl (C=O) groups is 1. The second-order valence-corrected chi connectivity index (χ2v) is 7.44. The molecule has 156 valence electrons. The third kappa shape index (κ3) is 5.11. The number of ether oxygens (including phenoxy) is 1. The third-order valence-electron chi connectivity index (χ3n) is 5.25. The Kier molecular flexibility index (Phi) is 6.48. The van der Waals surface area contributed by atoms with Gasteiger partial charge in [-0.25, -0.2) is 0 Å². The quantitative estimate of drug-likeness (QED) is 0.521. The fraction of sp³-hybridized carbons (Fsp3) is 0.500. The second-order valence-electron chi connectivity index (χ2n) is 7.44. The van der Waals surface area contributed by atoms with Gasteiger partial charge in [-0.3, -0.25) is 9.69 Å². The van der Waals surface area contributed by atoms with Crippen molar-refractivity contribution in [3.63, 3.8) is 0 Å². The van der Waals surface area contributed by atoms with E-state index in [1.807, 2.05) is 30.0 Å². The van der Waals surface area contributed by atoms with Gasteiger partial charge in [0, 0.05) is 32.7 Å². The van der Waals surface area contributed by atoms with E-state index in [1.165, 1.54) is 11.6 Å². The Hall–Kier alpha value is -2.94. The summed E-state index contributed by atoms with van der Waals surface area (Å²) < 4.78 is 6.82. The molecule has 1 aliphatic heterocycles. The molecule has 1 unspecified atom stereocenters. The monoisotopic (exact) mass is 401 g/mol. The second kappa shape index (κ2) is 9.04. The van der Waals surface area contributed by atoms with Gasteiger partial charge in [0.1, 0.15) is 5.75 Å². The number of aromatic nitrogens is 2.